The molecule has 1 aromatic heterocycles. The van der Waals surface area contributed by atoms with E-state index in [0.29, 0.717) is 18.8 Å². The molecule has 246 valence electrons. The number of aromatic nitrogens is 1. The summed E-state index contributed by atoms with van der Waals surface area (Å²) in [5.74, 6) is 0.668. The minimum absolute atomic E-state index is 0.180. The summed E-state index contributed by atoms with van der Waals surface area (Å²) in [5, 5.41) is 16.5. The summed E-state index contributed by atoms with van der Waals surface area (Å²) in [4.78, 5) is 29.4. The van der Waals surface area contributed by atoms with Crippen molar-refractivity contribution in [2.24, 2.45) is 5.92 Å². The van der Waals surface area contributed by atoms with Crippen LogP contribution in [0.1, 0.15) is 78.2 Å². The van der Waals surface area contributed by atoms with E-state index in [0.717, 1.165) is 91.3 Å². The Hall–Kier alpha value is -4.74. The van der Waals surface area contributed by atoms with Gasteiger partial charge in [-0.05, 0) is 118 Å². The number of nitriles is 1. The van der Waals surface area contributed by atoms with Crippen molar-refractivity contribution in [3.63, 3.8) is 0 Å². The lowest BCUT2D eigenvalue weighted by molar-refractivity contribution is -0.134. The molecule has 7 rings (SSSR count). The average Bonchev–Trinajstić information content (AvgIpc) is 3.83. The molecule has 8 heteroatoms. The van der Waals surface area contributed by atoms with Crippen LogP contribution in [0.4, 0.5) is 11.4 Å². The normalized spacial score (nSPS) is 19.5. The van der Waals surface area contributed by atoms with Crippen molar-refractivity contribution in [1.82, 2.24) is 15.4 Å². The molecule has 2 amide bonds. The summed E-state index contributed by atoms with van der Waals surface area (Å²) in [6.45, 7) is 9.76. The molecular weight excluding hydrogens is 598 g/mol. The summed E-state index contributed by atoms with van der Waals surface area (Å²) >= 11 is 0. The second kappa shape index (κ2) is 13.0. The monoisotopic (exact) mass is 641 g/mol. The van der Waals surface area contributed by atoms with E-state index in [1.165, 1.54) is 16.8 Å². The molecule has 0 radical (unpaired) electrons. The second-order valence-electron chi connectivity index (χ2n) is 14.0. The molecule has 0 bridgehead atoms. The molecule has 3 heterocycles. The number of anilines is 2. The number of rotatable bonds is 9. The first-order valence-corrected chi connectivity index (χ1v) is 17.2. The highest BCUT2D eigenvalue weighted by atomic mass is 16.5. The second-order valence-corrected chi connectivity index (χ2v) is 14.0. The smallest absolute Gasteiger partial charge is 0.234 e. The van der Waals surface area contributed by atoms with Gasteiger partial charge in [-0.3, -0.25) is 19.8 Å². The summed E-state index contributed by atoms with van der Waals surface area (Å²) in [7, 11) is 0. The molecule has 1 unspecified atom stereocenters. The van der Waals surface area contributed by atoms with E-state index in [2.05, 4.69) is 81.8 Å². The van der Waals surface area contributed by atoms with E-state index >= 15 is 0 Å². The maximum Gasteiger partial charge on any atom is 0.234 e. The lowest BCUT2D eigenvalue weighted by Crippen LogP contribution is -2.40. The van der Waals surface area contributed by atoms with Gasteiger partial charge in [-0.15, -0.1) is 0 Å². The van der Waals surface area contributed by atoms with Gasteiger partial charge in [0.25, 0.3) is 0 Å². The van der Waals surface area contributed by atoms with Crippen LogP contribution in [0, 0.1) is 38.0 Å². The Bertz CT molecular complexity index is 1860. The Kier molecular flexibility index (Phi) is 8.65. The molecule has 1 aliphatic carbocycles. The van der Waals surface area contributed by atoms with E-state index in [-0.39, 0.29) is 23.1 Å². The number of aryl methyl sites for hydroxylation is 3. The van der Waals surface area contributed by atoms with Crippen molar-refractivity contribution in [2.75, 3.05) is 24.5 Å². The van der Waals surface area contributed by atoms with Gasteiger partial charge in [-0.1, -0.05) is 53.7 Å². The highest BCUT2D eigenvalue weighted by molar-refractivity contribution is 6.01. The number of piperidine rings is 2. The predicted molar refractivity (Wildman–Crippen MR) is 186 cm³/mol. The van der Waals surface area contributed by atoms with Gasteiger partial charge in [0.15, 0.2) is 0 Å². The first-order chi connectivity index (χ1) is 23.2. The molecule has 1 N–H and O–H groups in total. The van der Waals surface area contributed by atoms with Crippen LogP contribution in [-0.4, -0.2) is 41.5 Å². The zero-order chi connectivity index (χ0) is 33.4. The largest absolute Gasteiger partial charge is 0.361 e. The molecule has 3 aliphatic rings. The van der Waals surface area contributed by atoms with E-state index < -0.39 is 0 Å². The van der Waals surface area contributed by atoms with Crippen molar-refractivity contribution in [3.05, 3.63) is 100 Å². The number of benzene rings is 3. The third kappa shape index (κ3) is 6.27. The third-order valence-corrected chi connectivity index (χ3v) is 10.7. The third-order valence-electron chi connectivity index (χ3n) is 10.7. The van der Waals surface area contributed by atoms with Gasteiger partial charge in [0, 0.05) is 36.4 Å². The van der Waals surface area contributed by atoms with Crippen molar-refractivity contribution >= 4 is 23.2 Å². The topological polar surface area (TPSA) is 102 Å². The Balaban J connectivity index is 1.11. The Morgan fingerprint density at radius 2 is 1.75 bits per heavy atom. The number of carbonyl (C=O) groups excluding carboxylic acids is 2. The standard InChI is InChI=1S/C40H43N5O3/c1-26-8-9-30(38-27(2)43-48-28(38)3)22-36(26)45(33-12-10-32(11-13-33)40(25-41)18-19-40)23-29-16-20-44(21-17-29)24-31-6-4-5-7-34(31)35-14-15-37(46)42-39(35)47/h4-13,22,29,35H,14-21,23-24H2,1-3H3,(H,42,46,47). The SMILES string of the molecule is Cc1ccc(-c2c(C)noc2C)cc1N(CC1CCN(Cc2ccccc2C2CCC(=O)NC2=O)CC1)c1ccc(C2(C#N)CC2)cc1. The van der Waals surface area contributed by atoms with Crippen molar-refractivity contribution in [2.45, 2.75) is 77.2 Å². The maximum atomic E-state index is 12.7. The van der Waals surface area contributed by atoms with Crippen LogP contribution in [0.3, 0.4) is 0 Å². The fraction of sp³-hybridized carbons (Fsp3) is 0.400. The van der Waals surface area contributed by atoms with Crippen LogP contribution in [0.2, 0.25) is 0 Å². The van der Waals surface area contributed by atoms with Gasteiger partial charge in [0.05, 0.1) is 23.1 Å². The van der Waals surface area contributed by atoms with Crippen LogP contribution in [0.15, 0.2) is 71.3 Å². The first kappa shape index (κ1) is 31.8. The van der Waals surface area contributed by atoms with Crippen LogP contribution in [0.25, 0.3) is 11.1 Å². The van der Waals surface area contributed by atoms with Crippen LogP contribution in [0.5, 0.6) is 0 Å². The Labute approximate surface area is 282 Å². The number of nitrogens with zero attached hydrogens (tertiary/aromatic N) is 4. The molecule has 8 nitrogen and oxygen atoms in total. The zero-order valence-corrected chi connectivity index (χ0v) is 28.1. The van der Waals surface area contributed by atoms with E-state index in [9.17, 15) is 14.9 Å². The zero-order valence-electron chi connectivity index (χ0n) is 28.1. The quantitative estimate of drug-likeness (QED) is 0.190. The number of nitrogens with one attached hydrogen (secondary N) is 1. The van der Waals surface area contributed by atoms with Gasteiger partial charge in [-0.25, -0.2) is 0 Å². The van der Waals surface area contributed by atoms with E-state index in [1.54, 1.807) is 0 Å². The first-order valence-electron chi connectivity index (χ1n) is 17.2. The van der Waals surface area contributed by atoms with E-state index in [4.69, 9.17) is 4.52 Å². The molecule has 3 aromatic carbocycles. The fourth-order valence-electron chi connectivity index (χ4n) is 7.68. The molecular formula is C40H43N5O3. The van der Waals surface area contributed by atoms with Crippen LogP contribution >= 0.6 is 0 Å². The number of amides is 2. The molecule has 2 aliphatic heterocycles. The van der Waals surface area contributed by atoms with Gasteiger partial charge in [0.2, 0.25) is 11.8 Å². The summed E-state index contributed by atoms with van der Waals surface area (Å²) in [6, 6.07) is 26.0. The molecule has 4 aromatic rings. The van der Waals surface area contributed by atoms with Gasteiger partial charge < -0.3 is 9.42 Å². The maximum absolute atomic E-state index is 12.7. The van der Waals surface area contributed by atoms with Gasteiger partial charge >= 0.3 is 0 Å². The number of hydrogen-bond acceptors (Lipinski definition) is 7. The summed E-state index contributed by atoms with van der Waals surface area (Å²) in [6.07, 6.45) is 4.94. The predicted octanol–water partition coefficient (Wildman–Crippen LogP) is 7.39. The molecule has 1 saturated carbocycles. The minimum atomic E-state index is -0.313. The average molecular weight is 642 g/mol. The van der Waals surface area contributed by atoms with Crippen molar-refractivity contribution < 1.29 is 14.1 Å². The molecule has 2 saturated heterocycles. The van der Waals surface area contributed by atoms with Crippen molar-refractivity contribution in [3.8, 4) is 17.2 Å². The molecule has 48 heavy (non-hydrogen) atoms. The summed E-state index contributed by atoms with van der Waals surface area (Å²) < 4.78 is 5.52. The lowest BCUT2D eigenvalue weighted by atomic mass is 9.87. The minimum Gasteiger partial charge on any atom is -0.361 e. The highest BCUT2D eigenvalue weighted by Gasteiger charge is 2.44. The number of carbonyl (C=O) groups is 2. The molecule has 1 atom stereocenters. The molecule has 0 spiro atoms. The Morgan fingerprint density at radius 1 is 1.00 bits per heavy atom. The van der Waals surface area contributed by atoms with Crippen molar-refractivity contribution in [1.29, 1.82) is 5.26 Å². The number of likely N-dealkylation sites (tertiary alicyclic amines) is 1. The molecule has 3 fully saturated rings. The Morgan fingerprint density at radius 3 is 2.42 bits per heavy atom. The fourth-order valence-corrected chi connectivity index (χ4v) is 7.68. The number of imide groups is 1. The number of hydrogen-bond donors (Lipinski definition) is 1. The van der Waals surface area contributed by atoms with Crippen LogP contribution < -0.4 is 10.2 Å². The van der Waals surface area contributed by atoms with Crippen LogP contribution in [-0.2, 0) is 21.5 Å². The highest BCUT2D eigenvalue weighted by Crippen LogP contribution is 2.48. The summed E-state index contributed by atoms with van der Waals surface area (Å²) in [5.41, 5.74) is 9.54. The van der Waals surface area contributed by atoms with Gasteiger partial charge in [0.1, 0.15) is 5.76 Å². The van der Waals surface area contributed by atoms with E-state index in [1.807, 2.05) is 32.0 Å². The lowest BCUT2D eigenvalue weighted by Gasteiger charge is -2.37. The van der Waals surface area contributed by atoms with Gasteiger partial charge in [-0.2, -0.15) is 5.26 Å².